The maximum Gasteiger partial charge on any atom is 0.233 e. The monoisotopic (exact) mass is 319 g/mol. The average molecular weight is 319 g/mol. The number of aromatic hydroxyl groups is 1. The molecule has 3 aromatic rings. The first-order valence-corrected chi connectivity index (χ1v) is 7.45. The van der Waals surface area contributed by atoms with E-state index in [1.807, 2.05) is 48.7 Å². The second-order valence-corrected chi connectivity index (χ2v) is 5.07. The molecule has 0 atom stereocenters. The maximum atomic E-state index is 9.80. The molecule has 0 spiro atoms. The molecule has 0 amide bonds. The van der Waals surface area contributed by atoms with Crippen molar-refractivity contribution in [3.63, 3.8) is 0 Å². The quantitative estimate of drug-likeness (QED) is 0.695. The van der Waals surface area contributed by atoms with Gasteiger partial charge < -0.3 is 9.84 Å². The summed E-state index contributed by atoms with van der Waals surface area (Å²) >= 11 is 0. The molecular formula is C19H17N3O2. The van der Waals surface area contributed by atoms with Gasteiger partial charge in [-0.3, -0.25) is 4.57 Å². The van der Waals surface area contributed by atoms with Crippen molar-refractivity contribution in [1.82, 2.24) is 9.55 Å². The Bertz CT molecular complexity index is 854. The SMILES string of the molecule is C=Nc1nc(COc2ccccc2)cn1/C=C/c1ccccc1O. The fourth-order valence-corrected chi connectivity index (χ4v) is 2.19. The van der Waals surface area contributed by atoms with E-state index in [-0.39, 0.29) is 5.75 Å². The lowest BCUT2D eigenvalue weighted by Gasteiger charge is -2.02. The van der Waals surface area contributed by atoms with Crippen LogP contribution in [0, 0.1) is 0 Å². The highest BCUT2D eigenvalue weighted by atomic mass is 16.5. The Morgan fingerprint density at radius 2 is 1.88 bits per heavy atom. The molecule has 0 aliphatic heterocycles. The number of benzene rings is 2. The average Bonchev–Trinajstić information content (AvgIpc) is 3.02. The number of aliphatic imine (C=N–C) groups is 1. The number of ether oxygens (including phenoxy) is 1. The summed E-state index contributed by atoms with van der Waals surface area (Å²) in [5, 5.41) is 9.80. The zero-order valence-electron chi connectivity index (χ0n) is 13.0. The van der Waals surface area contributed by atoms with E-state index in [0.717, 1.165) is 11.4 Å². The van der Waals surface area contributed by atoms with Crippen molar-refractivity contribution >= 4 is 24.9 Å². The summed E-state index contributed by atoms with van der Waals surface area (Å²) in [6.45, 7) is 3.88. The highest BCUT2D eigenvalue weighted by molar-refractivity contribution is 5.66. The third-order valence-electron chi connectivity index (χ3n) is 3.39. The van der Waals surface area contributed by atoms with Crippen LogP contribution in [0.4, 0.5) is 5.95 Å². The van der Waals surface area contributed by atoms with Crippen LogP contribution in [-0.4, -0.2) is 21.4 Å². The largest absolute Gasteiger partial charge is 0.507 e. The zero-order chi connectivity index (χ0) is 16.8. The predicted octanol–water partition coefficient (Wildman–Crippen LogP) is 4.13. The highest BCUT2D eigenvalue weighted by Gasteiger charge is 2.06. The Morgan fingerprint density at radius 3 is 2.62 bits per heavy atom. The summed E-state index contributed by atoms with van der Waals surface area (Å²) in [6, 6.07) is 16.6. The fraction of sp³-hybridized carbons (Fsp3) is 0.0526. The molecule has 5 heteroatoms. The van der Waals surface area contributed by atoms with Gasteiger partial charge in [0.1, 0.15) is 18.1 Å². The molecule has 1 aromatic heterocycles. The minimum absolute atomic E-state index is 0.217. The summed E-state index contributed by atoms with van der Waals surface area (Å²) in [6.07, 6.45) is 5.38. The van der Waals surface area contributed by atoms with Gasteiger partial charge in [-0.2, -0.15) is 0 Å². The number of hydrogen-bond donors (Lipinski definition) is 1. The number of hydrogen-bond acceptors (Lipinski definition) is 4. The Morgan fingerprint density at radius 1 is 1.12 bits per heavy atom. The lowest BCUT2D eigenvalue weighted by molar-refractivity contribution is 0.302. The second-order valence-electron chi connectivity index (χ2n) is 5.07. The zero-order valence-corrected chi connectivity index (χ0v) is 13.0. The van der Waals surface area contributed by atoms with Gasteiger partial charge in [0.15, 0.2) is 0 Å². The summed E-state index contributed by atoms with van der Waals surface area (Å²) < 4.78 is 7.42. The van der Waals surface area contributed by atoms with E-state index in [1.165, 1.54) is 0 Å². The molecule has 0 radical (unpaired) electrons. The van der Waals surface area contributed by atoms with Crippen LogP contribution in [0.25, 0.3) is 12.3 Å². The van der Waals surface area contributed by atoms with Crippen LogP contribution in [0.1, 0.15) is 11.3 Å². The number of para-hydroxylation sites is 2. The van der Waals surface area contributed by atoms with Crippen molar-refractivity contribution in [3.8, 4) is 11.5 Å². The van der Waals surface area contributed by atoms with Gasteiger partial charge in [0, 0.05) is 18.0 Å². The van der Waals surface area contributed by atoms with E-state index in [0.29, 0.717) is 18.1 Å². The smallest absolute Gasteiger partial charge is 0.233 e. The topological polar surface area (TPSA) is 59.6 Å². The molecule has 0 unspecified atom stereocenters. The third-order valence-corrected chi connectivity index (χ3v) is 3.39. The van der Waals surface area contributed by atoms with Crippen LogP contribution in [0.3, 0.4) is 0 Å². The lowest BCUT2D eigenvalue weighted by atomic mass is 10.2. The van der Waals surface area contributed by atoms with Crippen molar-refractivity contribution in [2.75, 3.05) is 0 Å². The molecule has 3 rings (SSSR count). The van der Waals surface area contributed by atoms with Gasteiger partial charge in [-0.15, -0.1) is 0 Å². The highest BCUT2D eigenvalue weighted by Crippen LogP contribution is 2.20. The molecular weight excluding hydrogens is 302 g/mol. The first-order chi connectivity index (χ1) is 11.8. The van der Waals surface area contributed by atoms with Crippen LogP contribution >= 0.6 is 0 Å². The third kappa shape index (κ3) is 3.70. The van der Waals surface area contributed by atoms with Gasteiger partial charge in [-0.25, -0.2) is 9.98 Å². The van der Waals surface area contributed by atoms with E-state index in [9.17, 15) is 5.11 Å². The Kier molecular flexibility index (Phi) is 4.72. The molecule has 0 fully saturated rings. The molecule has 1 N–H and O–H groups in total. The van der Waals surface area contributed by atoms with Crippen LogP contribution in [0.2, 0.25) is 0 Å². The molecule has 0 aliphatic rings. The Balaban J connectivity index is 1.75. The van der Waals surface area contributed by atoms with Gasteiger partial charge in [-0.05, 0) is 31.0 Å². The molecule has 0 bridgehead atoms. The van der Waals surface area contributed by atoms with Gasteiger partial charge in [0.2, 0.25) is 5.95 Å². The first-order valence-electron chi connectivity index (χ1n) is 7.45. The molecule has 0 aliphatic carbocycles. The molecule has 1 heterocycles. The van der Waals surface area contributed by atoms with E-state index in [1.54, 1.807) is 29.0 Å². The number of nitrogens with zero attached hydrogens (tertiary/aromatic N) is 3. The van der Waals surface area contributed by atoms with Crippen molar-refractivity contribution in [3.05, 3.63) is 72.1 Å². The lowest BCUT2D eigenvalue weighted by Crippen LogP contribution is -1.95. The Labute approximate surface area is 140 Å². The molecule has 2 aromatic carbocycles. The predicted molar refractivity (Wildman–Crippen MR) is 95.5 cm³/mol. The van der Waals surface area contributed by atoms with E-state index in [2.05, 4.69) is 16.7 Å². The van der Waals surface area contributed by atoms with Gasteiger partial charge >= 0.3 is 0 Å². The normalized spacial score (nSPS) is 10.8. The maximum absolute atomic E-state index is 9.80. The summed E-state index contributed by atoms with van der Waals surface area (Å²) in [7, 11) is 0. The molecule has 0 saturated heterocycles. The molecule has 5 nitrogen and oxygen atoms in total. The first kappa shape index (κ1) is 15.6. The van der Waals surface area contributed by atoms with E-state index >= 15 is 0 Å². The molecule has 24 heavy (non-hydrogen) atoms. The van der Waals surface area contributed by atoms with E-state index in [4.69, 9.17) is 4.74 Å². The summed E-state index contributed by atoms with van der Waals surface area (Å²) in [5.74, 6) is 1.47. The number of phenolic OH excluding ortho intramolecular Hbond substituents is 1. The summed E-state index contributed by atoms with van der Waals surface area (Å²) in [5.41, 5.74) is 1.45. The van der Waals surface area contributed by atoms with Gasteiger partial charge in [0.25, 0.3) is 0 Å². The van der Waals surface area contributed by atoms with Crippen LogP contribution in [0.15, 0.2) is 65.8 Å². The minimum Gasteiger partial charge on any atom is -0.507 e. The number of imidazole rings is 1. The van der Waals surface area contributed by atoms with Gasteiger partial charge in [-0.1, -0.05) is 36.4 Å². The standard InChI is InChI=1S/C19H17N3O2/c1-20-19-21-16(14-24-17-8-3-2-4-9-17)13-22(19)12-11-15-7-5-6-10-18(15)23/h2-13,23H,1,14H2/b12-11+. The number of phenols is 1. The van der Waals surface area contributed by atoms with Crippen LogP contribution in [-0.2, 0) is 6.61 Å². The van der Waals surface area contributed by atoms with Crippen molar-refractivity contribution in [2.24, 2.45) is 4.99 Å². The van der Waals surface area contributed by atoms with Crippen LogP contribution in [0.5, 0.6) is 11.5 Å². The Hall–Kier alpha value is -3.34. The van der Waals surface area contributed by atoms with Crippen molar-refractivity contribution in [2.45, 2.75) is 6.61 Å². The molecule has 0 saturated carbocycles. The van der Waals surface area contributed by atoms with Crippen molar-refractivity contribution in [1.29, 1.82) is 0 Å². The van der Waals surface area contributed by atoms with E-state index < -0.39 is 0 Å². The number of aromatic nitrogens is 2. The number of rotatable bonds is 6. The van der Waals surface area contributed by atoms with Crippen molar-refractivity contribution < 1.29 is 9.84 Å². The fourth-order valence-electron chi connectivity index (χ4n) is 2.19. The second kappa shape index (κ2) is 7.28. The summed E-state index contributed by atoms with van der Waals surface area (Å²) in [4.78, 5) is 8.29. The minimum atomic E-state index is 0.217. The molecule has 120 valence electrons. The van der Waals surface area contributed by atoms with Crippen LogP contribution < -0.4 is 4.74 Å². The van der Waals surface area contributed by atoms with Gasteiger partial charge in [0.05, 0.1) is 5.69 Å².